The van der Waals surface area contributed by atoms with Crippen LogP contribution in [0, 0.1) is 5.82 Å². The van der Waals surface area contributed by atoms with Crippen molar-refractivity contribution in [1.82, 2.24) is 10.2 Å². The Morgan fingerprint density at radius 2 is 2.10 bits per heavy atom. The molecule has 2 amide bonds. The Balaban J connectivity index is 1.75. The molecule has 0 spiro atoms. The average molecular weight is 278 g/mol. The molecule has 0 unspecified atom stereocenters. The largest absolute Gasteiger partial charge is 0.352 e. The van der Waals surface area contributed by atoms with E-state index in [1.54, 1.807) is 24.1 Å². The van der Waals surface area contributed by atoms with E-state index in [0.717, 1.165) is 5.56 Å². The minimum Gasteiger partial charge on any atom is -0.352 e. The van der Waals surface area contributed by atoms with Gasteiger partial charge >= 0.3 is 0 Å². The summed E-state index contributed by atoms with van der Waals surface area (Å²) in [6.45, 7) is 0.571. The zero-order valence-corrected chi connectivity index (χ0v) is 11.6. The van der Waals surface area contributed by atoms with Crippen molar-refractivity contribution in [3.05, 3.63) is 35.6 Å². The minimum atomic E-state index is -0.270. The summed E-state index contributed by atoms with van der Waals surface area (Å²) in [6, 6.07) is 6.22. The van der Waals surface area contributed by atoms with E-state index in [-0.39, 0.29) is 23.7 Å². The van der Waals surface area contributed by atoms with E-state index in [4.69, 9.17) is 0 Å². The number of carbonyl (C=O) groups is 2. The van der Waals surface area contributed by atoms with Crippen LogP contribution in [-0.4, -0.2) is 36.3 Å². The number of hydrogen-bond acceptors (Lipinski definition) is 2. The first kappa shape index (κ1) is 14.5. The van der Waals surface area contributed by atoms with Gasteiger partial charge in [-0.2, -0.15) is 0 Å². The minimum absolute atomic E-state index is 0.0259. The number of benzene rings is 1. The van der Waals surface area contributed by atoms with E-state index in [1.165, 1.54) is 12.1 Å². The van der Waals surface area contributed by atoms with Gasteiger partial charge in [-0.3, -0.25) is 9.59 Å². The smallest absolute Gasteiger partial charge is 0.222 e. The lowest BCUT2D eigenvalue weighted by atomic mass is 10.0. The number of piperidine rings is 1. The summed E-state index contributed by atoms with van der Waals surface area (Å²) in [6.07, 6.45) is 2.15. The first-order valence-corrected chi connectivity index (χ1v) is 6.82. The van der Waals surface area contributed by atoms with Crippen LogP contribution in [0.2, 0.25) is 0 Å². The average Bonchev–Trinajstić information content (AvgIpc) is 2.42. The van der Waals surface area contributed by atoms with Crippen LogP contribution < -0.4 is 5.32 Å². The Morgan fingerprint density at radius 3 is 2.75 bits per heavy atom. The number of halogens is 1. The number of amides is 2. The van der Waals surface area contributed by atoms with Gasteiger partial charge < -0.3 is 10.2 Å². The molecule has 0 bridgehead atoms. The molecular formula is C15H19FN2O2. The van der Waals surface area contributed by atoms with E-state index in [9.17, 15) is 14.0 Å². The number of rotatable bonds is 4. The third-order valence-electron chi connectivity index (χ3n) is 3.55. The number of likely N-dealkylation sites (N-methyl/N-ethyl adjacent to an activating group) is 1. The monoisotopic (exact) mass is 278 g/mol. The van der Waals surface area contributed by atoms with E-state index in [1.807, 2.05) is 0 Å². The van der Waals surface area contributed by atoms with Gasteiger partial charge in [0.25, 0.3) is 0 Å². The molecule has 2 rings (SSSR count). The summed E-state index contributed by atoms with van der Waals surface area (Å²) in [5, 5.41) is 2.94. The fourth-order valence-electron chi connectivity index (χ4n) is 2.34. The molecular weight excluding hydrogens is 259 g/mol. The number of aryl methyl sites for hydroxylation is 1. The Labute approximate surface area is 118 Å². The van der Waals surface area contributed by atoms with E-state index < -0.39 is 0 Å². The third-order valence-corrected chi connectivity index (χ3v) is 3.55. The van der Waals surface area contributed by atoms with Gasteiger partial charge in [0, 0.05) is 32.5 Å². The van der Waals surface area contributed by atoms with Crippen LogP contribution >= 0.6 is 0 Å². The predicted octanol–water partition coefficient (Wildman–Crippen LogP) is 1.50. The molecule has 5 heteroatoms. The van der Waals surface area contributed by atoms with Crippen LogP contribution in [0.3, 0.4) is 0 Å². The second-order valence-electron chi connectivity index (χ2n) is 5.20. The normalized spacial score (nSPS) is 19.0. The van der Waals surface area contributed by atoms with Gasteiger partial charge in [0.05, 0.1) is 0 Å². The highest BCUT2D eigenvalue weighted by Gasteiger charge is 2.23. The summed E-state index contributed by atoms with van der Waals surface area (Å²) < 4.78 is 12.8. The van der Waals surface area contributed by atoms with Gasteiger partial charge in [0.1, 0.15) is 5.82 Å². The van der Waals surface area contributed by atoms with Crippen LogP contribution in [0.4, 0.5) is 4.39 Å². The van der Waals surface area contributed by atoms with Crippen molar-refractivity contribution < 1.29 is 14.0 Å². The van der Waals surface area contributed by atoms with Crippen molar-refractivity contribution >= 4 is 11.8 Å². The van der Waals surface area contributed by atoms with Crippen LogP contribution in [-0.2, 0) is 16.0 Å². The van der Waals surface area contributed by atoms with Crippen LogP contribution in [0.15, 0.2) is 24.3 Å². The van der Waals surface area contributed by atoms with Crippen molar-refractivity contribution in [1.29, 1.82) is 0 Å². The molecule has 1 atom stereocenters. The number of carbonyl (C=O) groups excluding carboxylic acids is 2. The fourth-order valence-corrected chi connectivity index (χ4v) is 2.34. The van der Waals surface area contributed by atoms with Gasteiger partial charge in [0.2, 0.25) is 11.8 Å². The fraction of sp³-hybridized carbons (Fsp3) is 0.467. The van der Waals surface area contributed by atoms with Crippen molar-refractivity contribution in [2.24, 2.45) is 0 Å². The van der Waals surface area contributed by atoms with Gasteiger partial charge in [0.15, 0.2) is 0 Å². The Kier molecular flexibility index (Phi) is 4.71. The highest BCUT2D eigenvalue weighted by molar-refractivity contribution is 5.79. The molecule has 0 radical (unpaired) electrons. The molecule has 1 heterocycles. The molecule has 0 aliphatic carbocycles. The summed E-state index contributed by atoms with van der Waals surface area (Å²) in [5.41, 5.74) is 0.942. The molecule has 1 aliphatic rings. The van der Waals surface area contributed by atoms with Crippen LogP contribution in [0.25, 0.3) is 0 Å². The standard InChI is InChI=1S/C15H19FN2O2/c1-18-10-13(7-9-15(18)20)17-14(19)8-4-11-2-5-12(16)6-3-11/h2-3,5-6,13H,4,7-10H2,1H3,(H,17,19)/t13-/m0/s1. The molecule has 1 aromatic carbocycles. The summed E-state index contributed by atoms with van der Waals surface area (Å²) in [4.78, 5) is 24.8. The second kappa shape index (κ2) is 6.50. The predicted molar refractivity (Wildman–Crippen MR) is 73.5 cm³/mol. The van der Waals surface area contributed by atoms with Gasteiger partial charge in [-0.15, -0.1) is 0 Å². The second-order valence-corrected chi connectivity index (χ2v) is 5.20. The first-order chi connectivity index (χ1) is 9.54. The number of hydrogen-bond donors (Lipinski definition) is 1. The number of likely N-dealkylation sites (tertiary alicyclic amines) is 1. The summed E-state index contributed by atoms with van der Waals surface area (Å²) >= 11 is 0. The highest BCUT2D eigenvalue weighted by Crippen LogP contribution is 2.10. The molecule has 0 aromatic heterocycles. The van der Waals surface area contributed by atoms with E-state index >= 15 is 0 Å². The molecule has 1 fully saturated rings. The van der Waals surface area contributed by atoms with Gasteiger partial charge in [-0.1, -0.05) is 12.1 Å². The van der Waals surface area contributed by atoms with Gasteiger partial charge in [-0.05, 0) is 30.5 Å². The summed E-state index contributed by atoms with van der Waals surface area (Å²) in [7, 11) is 1.75. The van der Waals surface area contributed by atoms with Gasteiger partial charge in [-0.25, -0.2) is 4.39 Å². The molecule has 20 heavy (non-hydrogen) atoms. The van der Waals surface area contributed by atoms with Crippen molar-refractivity contribution in [2.45, 2.75) is 31.7 Å². The maximum atomic E-state index is 12.8. The van der Waals surface area contributed by atoms with Crippen LogP contribution in [0.1, 0.15) is 24.8 Å². The number of nitrogens with zero attached hydrogens (tertiary/aromatic N) is 1. The topological polar surface area (TPSA) is 49.4 Å². The number of nitrogens with one attached hydrogen (secondary N) is 1. The molecule has 1 aliphatic heterocycles. The SMILES string of the molecule is CN1C[C@@H](NC(=O)CCc2ccc(F)cc2)CCC1=O. The molecule has 4 nitrogen and oxygen atoms in total. The van der Waals surface area contributed by atoms with Crippen molar-refractivity contribution in [3.8, 4) is 0 Å². The molecule has 0 saturated carbocycles. The quantitative estimate of drug-likeness (QED) is 0.907. The van der Waals surface area contributed by atoms with E-state index in [0.29, 0.717) is 32.2 Å². The highest BCUT2D eigenvalue weighted by atomic mass is 19.1. The Hall–Kier alpha value is -1.91. The third kappa shape index (κ3) is 4.05. The lowest BCUT2D eigenvalue weighted by molar-refractivity contribution is -0.134. The van der Waals surface area contributed by atoms with Crippen LogP contribution in [0.5, 0.6) is 0 Å². The van der Waals surface area contributed by atoms with Crippen molar-refractivity contribution in [3.63, 3.8) is 0 Å². The zero-order chi connectivity index (χ0) is 14.5. The lowest BCUT2D eigenvalue weighted by Gasteiger charge is -2.30. The Bertz CT molecular complexity index is 487. The maximum Gasteiger partial charge on any atom is 0.222 e. The molecule has 1 saturated heterocycles. The summed E-state index contributed by atoms with van der Waals surface area (Å²) in [5.74, 6) is -0.169. The lowest BCUT2D eigenvalue weighted by Crippen LogP contribution is -2.48. The molecule has 1 aromatic rings. The maximum absolute atomic E-state index is 12.8. The first-order valence-electron chi connectivity index (χ1n) is 6.82. The molecule has 108 valence electrons. The van der Waals surface area contributed by atoms with Crippen molar-refractivity contribution in [2.75, 3.05) is 13.6 Å². The molecule has 1 N–H and O–H groups in total. The zero-order valence-electron chi connectivity index (χ0n) is 11.6. The van der Waals surface area contributed by atoms with E-state index in [2.05, 4.69) is 5.32 Å². The Morgan fingerprint density at radius 1 is 1.40 bits per heavy atom.